The van der Waals surface area contributed by atoms with Crippen LogP contribution in [0, 0.1) is 0 Å². The third-order valence-corrected chi connectivity index (χ3v) is 0. The van der Waals surface area contributed by atoms with E-state index in [2.05, 4.69) is 0 Å². The van der Waals surface area contributed by atoms with E-state index in [1.807, 2.05) is 0 Å². The molecule has 0 aliphatic rings. The molecule has 20 heteroatoms. The Bertz CT molecular complexity index is 106. The summed E-state index contributed by atoms with van der Waals surface area (Å²) < 4.78 is 0. The molecule has 0 amide bonds. The Balaban J connectivity index is -0.0000000160. The van der Waals surface area contributed by atoms with E-state index in [9.17, 15) is 0 Å². The second-order valence-electron chi connectivity index (χ2n) is 1.50. The van der Waals surface area contributed by atoms with E-state index in [0.29, 0.717) is 0 Å². The molecule has 0 saturated carbocycles. The van der Waals surface area contributed by atoms with Gasteiger partial charge < -0.3 is 84.7 Å². The van der Waals surface area contributed by atoms with Crippen LogP contribution >= 0.6 is 0 Å². The van der Waals surface area contributed by atoms with Crippen LogP contribution in [-0.4, -0.2) is 60.8 Å². The zero-order valence-corrected chi connectivity index (χ0v) is 12.1. The molecule has 0 rings (SSSR count). The summed E-state index contributed by atoms with van der Waals surface area (Å²) in [4.78, 5) is 103. The largest absolute Gasteiger partial charge is 3.00 e. The Kier molecular flexibility index (Phi) is 48.4. The minimum Gasteiger partial charge on any atom is -0.894 e. The normalized spacial score (nSPS) is 9.00. The van der Waals surface area contributed by atoms with Gasteiger partial charge in [0.05, 0.1) is 0 Å². The van der Waals surface area contributed by atoms with Gasteiger partial charge in [0.15, 0.2) is 0 Å². The van der Waals surface area contributed by atoms with Crippen molar-refractivity contribution in [1.82, 2.24) is 0 Å². The summed E-state index contributed by atoms with van der Waals surface area (Å²) in [5, 5.41) is 0. The average Bonchev–Trinajstić information content (AvgIpc) is 1.41. The van der Waals surface area contributed by atoms with Crippen LogP contribution in [-0.2, 0) is 0 Å². The molecule has 0 aromatic carbocycles. The maximum Gasteiger partial charge on any atom is 3.00 e. The standard InChI is InChI=1S/4B.FH.3O4Si/c;;;;;3*1-5(2,3)4/h;;;;1H;;;/q4*+3;;3*-4. The zero-order chi connectivity index (χ0) is 13.5. The molecule has 0 radical (unpaired) electrons. The molecule has 0 N–H and O–H groups in total. The van der Waals surface area contributed by atoms with Gasteiger partial charge >= 0.3 is 33.7 Å². The number of rotatable bonds is 0. The SMILES string of the molecule is F.[B+3].[B+3].[B+3].[B+3].[O-][Si]([O-])([O-])[O-].[O-][Si]([O-])([O-])[O-].[O-][Si]([O-])([O-])[O-]. The van der Waals surface area contributed by atoms with Crippen molar-refractivity contribution in [2.45, 2.75) is 0 Å². The minimum absolute atomic E-state index is 0. The second-order valence-corrected chi connectivity index (χ2v) is 4.50. The number of hydrogen-bond donors (Lipinski definition) is 0. The summed E-state index contributed by atoms with van der Waals surface area (Å²) in [7, 11) is -16.8. The number of hydrogen-bond acceptors (Lipinski definition) is 12. The average molecular weight is 340 g/mol. The van der Waals surface area contributed by atoms with E-state index in [0.717, 1.165) is 0 Å². The van der Waals surface area contributed by atoms with Crippen molar-refractivity contribution >= 4 is 60.8 Å². The first-order valence-electron chi connectivity index (χ1n) is 2.45. The van der Waals surface area contributed by atoms with Gasteiger partial charge in [-0.15, -0.1) is 0 Å². The third kappa shape index (κ3) is 42600. The van der Waals surface area contributed by atoms with E-state index in [-0.39, 0.29) is 38.4 Å². The maximum absolute atomic E-state index is 8.58. The summed E-state index contributed by atoms with van der Waals surface area (Å²) in [6.07, 6.45) is 0. The summed E-state index contributed by atoms with van der Waals surface area (Å²) in [5.41, 5.74) is 0. The molecule has 0 saturated heterocycles. The summed E-state index contributed by atoms with van der Waals surface area (Å²) >= 11 is 0. The Labute approximate surface area is 124 Å². The maximum atomic E-state index is 8.58. The fourth-order valence-corrected chi connectivity index (χ4v) is 0. The van der Waals surface area contributed by atoms with Crippen molar-refractivity contribution in [3.63, 3.8) is 0 Å². The molecule has 0 spiro atoms. The van der Waals surface area contributed by atoms with Crippen molar-refractivity contribution in [1.29, 1.82) is 0 Å². The Morgan fingerprint density at radius 1 is 0.300 bits per heavy atom. The van der Waals surface area contributed by atoms with Crippen molar-refractivity contribution < 1.29 is 62.3 Å². The molecule has 0 aromatic rings. The van der Waals surface area contributed by atoms with Crippen LogP contribution < -0.4 is 57.5 Å². The van der Waals surface area contributed by atoms with E-state index < -0.39 is 27.1 Å². The van der Waals surface area contributed by atoms with Gasteiger partial charge in [-0.1, -0.05) is 0 Å². The second kappa shape index (κ2) is 19.4. The molecule has 0 atom stereocenters. The first-order chi connectivity index (χ1) is 6.00. The third-order valence-electron chi connectivity index (χ3n) is 0. The first kappa shape index (κ1) is 50.0. The Morgan fingerprint density at radius 3 is 0.300 bits per heavy atom. The summed E-state index contributed by atoms with van der Waals surface area (Å²) in [5.74, 6) is 0. The molecule has 0 aliphatic heterocycles. The van der Waals surface area contributed by atoms with E-state index in [4.69, 9.17) is 57.5 Å². The van der Waals surface area contributed by atoms with Crippen molar-refractivity contribution in [2.24, 2.45) is 0 Å². The van der Waals surface area contributed by atoms with Gasteiger partial charge in [-0.05, 0) is 0 Å². The van der Waals surface area contributed by atoms with Crippen molar-refractivity contribution in [2.75, 3.05) is 0 Å². The summed E-state index contributed by atoms with van der Waals surface area (Å²) in [6, 6.07) is 0. The van der Waals surface area contributed by atoms with Crippen LogP contribution in [0.15, 0.2) is 0 Å². The van der Waals surface area contributed by atoms with Crippen molar-refractivity contribution in [3.05, 3.63) is 0 Å². The van der Waals surface area contributed by atoms with Gasteiger partial charge in [-0.2, -0.15) is 0 Å². The van der Waals surface area contributed by atoms with Crippen LogP contribution in [0.4, 0.5) is 4.70 Å². The summed E-state index contributed by atoms with van der Waals surface area (Å²) in [6.45, 7) is 0. The van der Waals surface area contributed by atoms with Crippen LogP contribution in [0.2, 0.25) is 0 Å². The van der Waals surface area contributed by atoms with Crippen LogP contribution in [0.25, 0.3) is 0 Å². The smallest absolute Gasteiger partial charge is 0.894 e. The zero-order valence-electron chi connectivity index (χ0n) is 9.12. The van der Waals surface area contributed by atoms with Gasteiger partial charge in [0.2, 0.25) is 0 Å². The van der Waals surface area contributed by atoms with Gasteiger partial charge in [0, 0.05) is 0 Å². The fraction of sp³-hybridized carbons (Fsp3) is 0. The molecule has 0 aliphatic carbocycles. The molecular formula is HB4FO12Si3. The first-order valence-corrected chi connectivity index (χ1v) is 7.35. The van der Waals surface area contributed by atoms with Gasteiger partial charge in [-0.3, -0.25) is 4.70 Å². The van der Waals surface area contributed by atoms with Gasteiger partial charge in [0.1, 0.15) is 0 Å². The molecule has 12 nitrogen and oxygen atoms in total. The van der Waals surface area contributed by atoms with Crippen LogP contribution in [0.3, 0.4) is 0 Å². The molecule has 0 fully saturated rings. The Morgan fingerprint density at radius 2 is 0.300 bits per heavy atom. The molecule has 0 aromatic heterocycles. The van der Waals surface area contributed by atoms with Crippen LogP contribution in [0.1, 0.15) is 0 Å². The monoisotopic (exact) mass is 340 g/mol. The molecule has 0 heterocycles. The quantitative estimate of drug-likeness (QED) is 0.371. The number of halogens is 1. The van der Waals surface area contributed by atoms with Crippen LogP contribution in [0.5, 0.6) is 0 Å². The van der Waals surface area contributed by atoms with E-state index in [1.54, 1.807) is 0 Å². The molecule has 0 bridgehead atoms. The molecule has 0 unspecified atom stereocenters. The minimum atomic E-state index is -5.61. The fourth-order valence-electron chi connectivity index (χ4n) is 0. The molecular weight excluding hydrogens is 338 g/mol. The predicted octanol–water partition coefficient (Wildman–Crippen LogP) is -16.8. The van der Waals surface area contributed by atoms with Gasteiger partial charge in [0.25, 0.3) is 0 Å². The predicted molar refractivity (Wildman–Crippen MR) is 42.8 cm³/mol. The topological polar surface area (TPSA) is 277 Å². The van der Waals surface area contributed by atoms with E-state index in [1.165, 1.54) is 0 Å². The molecule has 104 valence electrons. The Hall–Kier alpha value is 0.360. The molecule has 20 heavy (non-hydrogen) atoms. The van der Waals surface area contributed by atoms with Crippen molar-refractivity contribution in [3.8, 4) is 0 Å². The van der Waals surface area contributed by atoms with Gasteiger partial charge in [-0.25, -0.2) is 0 Å². The van der Waals surface area contributed by atoms with E-state index >= 15 is 0 Å².